The number of aromatic nitrogens is 1. The summed E-state index contributed by atoms with van der Waals surface area (Å²) in [7, 11) is 0. The molecule has 0 saturated heterocycles. The Bertz CT molecular complexity index is 1210. The van der Waals surface area contributed by atoms with Gasteiger partial charge in [-0.25, -0.2) is 4.98 Å². The molecule has 1 heterocycles. The molecule has 0 aliphatic carbocycles. The highest BCUT2D eigenvalue weighted by Gasteiger charge is 2.30. The molecule has 152 valence electrons. The van der Waals surface area contributed by atoms with Gasteiger partial charge in [0.15, 0.2) is 11.2 Å². The zero-order valence-electron chi connectivity index (χ0n) is 17.5. The number of aryl methyl sites for hydroxylation is 2. The molecule has 0 atom stereocenters. The molecule has 0 bridgehead atoms. The number of hydrogen-bond acceptors (Lipinski definition) is 4. The van der Waals surface area contributed by atoms with Crippen molar-refractivity contribution in [3.05, 3.63) is 77.9 Å². The van der Waals surface area contributed by atoms with Gasteiger partial charge in [0, 0.05) is 11.3 Å². The van der Waals surface area contributed by atoms with E-state index in [1.165, 1.54) is 5.56 Å². The van der Waals surface area contributed by atoms with E-state index in [4.69, 9.17) is 9.15 Å². The van der Waals surface area contributed by atoms with Gasteiger partial charge in [-0.1, -0.05) is 35.9 Å². The van der Waals surface area contributed by atoms with E-state index in [9.17, 15) is 4.79 Å². The van der Waals surface area contributed by atoms with Crippen LogP contribution in [0.25, 0.3) is 22.6 Å². The topological polar surface area (TPSA) is 64.4 Å². The number of carbonyl (C=O) groups excluding carboxylic acids is 1. The number of oxazole rings is 1. The second-order valence-corrected chi connectivity index (χ2v) is 7.90. The lowest BCUT2D eigenvalue weighted by atomic mass is 10.1. The van der Waals surface area contributed by atoms with E-state index in [-0.39, 0.29) is 5.91 Å². The molecule has 5 heteroatoms. The van der Waals surface area contributed by atoms with Crippen LogP contribution in [-0.2, 0) is 4.79 Å². The molecule has 4 rings (SSSR count). The van der Waals surface area contributed by atoms with Crippen LogP contribution in [0.3, 0.4) is 0 Å². The van der Waals surface area contributed by atoms with Crippen molar-refractivity contribution in [3.63, 3.8) is 0 Å². The van der Waals surface area contributed by atoms with Crippen molar-refractivity contribution in [2.24, 2.45) is 0 Å². The first kappa shape index (κ1) is 19.7. The average Bonchev–Trinajstić information content (AvgIpc) is 3.11. The monoisotopic (exact) mass is 400 g/mol. The summed E-state index contributed by atoms with van der Waals surface area (Å²) in [5.74, 6) is 0.963. The van der Waals surface area contributed by atoms with Crippen molar-refractivity contribution >= 4 is 22.7 Å². The van der Waals surface area contributed by atoms with Gasteiger partial charge in [-0.3, -0.25) is 4.79 Å². The standard InChI is InChI=1S/C25H24N2O3/c1-16-10-12-20(17(2)14-16)23-27-21-15-18(11-13-22(21)29-23)26-24(28)25(3,4)30-19-8-6-5-7-9-19/h5-15H,1-4H3,(H,26,28). The lowest BCUT2D eigenvalue weighted by Crippen LogP contribution is -2.42. The van der Waals surface area contributed by atoms with E-state index < -0.39 is 5.60 Å². The quantitative estimate of drug-likeness (QED) is 0.452. The van der Waals surface area contributed by atoms with Crippen molar-refractivity contribution in [1.82, 2.24) is 4.98 Å². The van der Waals surface area contributed by atoms with E-state index in [0.29, 0.717) is 28.4 Å². The smallest absolute Gasteiger partial charge is 0.267 e. The van der Waals surface area contributed by atoms with Crippen LogP contribution in [0.15, 0.2) is 71.1 Å². The summed E-state index contributed by atoms with van der Waals surface area (Å²) in [6.45, 7) is 7.57. The van der Waals surface area contributed by atoms with E-state index in [2.05, 4.69) is 23.3 Å². The van der Waals surface area contributed by atoms with Crippen molar-refractivity contribution in [1.29, 1.82) is 0 Å². The first-order chi connectivity index (χ1) is 14.3. The van der Waals surface area contributed by atoms with Crippen LogP contribution in [0.2, 0.25) is 0 Å². The minimum absolute atomic E-state index is 0.246. The van der Waals surface area contributed by atoms with E-state index in [1.807, 2.05) is 61.5 Å². The number of benzene rings is 3. The van der Waals surface area contributed by atoms with Crippen LogP contribution in [-0.4, -0.2) is 16.5 Å². The zero-order chi connectivity index (χ0) is 21.3. The third-order valence-electron chi connectivity index (χ3n) is 4.92. The summed E-state index contributed by atoms with van der Waals surface area (Å²) in [6, 6.07) is 20.9. The second-order valence-electron chi connectivity index (χ2n) is 7.90. The number of rotatable bonds is 5. The lowest BCUT2D eigenvalue weighted by Gasteiger charge is -2.25. The Kier molecular flexibility index (Phi) is 5.04. The van der Waals surface area contributed by atoms with Gasteiger partial charge in [0.2, 0.25) is 5.89 Å². The van der Waals surface area contributed by atoms with Crippen molar-refractivity contribution < 1.29 is 13.9 Å². The summed E-state index contributed by atoms with van der Waals surface area (Å²) in [5.41, 5.74) is 4.21. The molecule has 4 aromatic rings. The number of anilines is 1. The highest BCUT2D eigenvalue weighted by Crippen LogP contribution is 2.29. The van der Waals surface area contributed by atoms with Crippen LogP contribution >= 0.6 is 0 Å². The highest BCUT2D eigenvalue weighted by atomic mass is 16.5. The number of ether oxygens (including phenoxy) is 1. The molecule has 0 fully saturated rings. The highest BCUT2D eigenvalue weighted by molar-refractivity contribution is 5.98. The fraction of sp³-hybridized carbons (Fsp3) is 0.200. The zero-order valence-corrected chi connectivity index (χ0v) is 17.5. The van der Waals surface area contributed by atoms with Gasteiger partial charge in [0.1, 0.15) is 11.3 Å². The van der Waals surface area contributed by atoms with E-state index in [0.717, 1.165) is 11.1 Å². The number of nitrogens with one attached hydrogen (secondary N) is 1. The van der Waals surface area contributed by atoms with Gasteiger partial charge in [-0.2, -0.15) is 0 Å². The van der Waals surface area contributed by atoms with Crippen LogP contribution in [0, 0.1) is 13.8 Å². The summed E-state index contributed by atoms with van der Waals surface area (Å²) in [5, 5.41) is 2.92. The predicted molar refractivity (Wildman–Crippen MR) is 119 cm³/mol. The fourth-order valence-electron chi connectivity index (χ4n) is 3.29. The van der Waals surface area contributed by atoms with E-state index in [1.54, 1.807) is 19.9 Å². The summed E-state index contributed by atoms with van der Waals surface area (Å²) < 4.78 is 11.8. The molecule has 30 heavy (non-hydrogen) atoms. The largest absolute Gasteiger partial charge is 0.478 e. The maximum absolute atomic E-state index is 12.8. The Morgan fingerprint density at radius 1 is 1.00 bits per heavy atom. The Morgan fingerprint density at radius 2 is 1.77 bits per heavy atom. The summed E-state index contributed by atoms with van der Waals surface area (Å²) >= 11 is 0. The maximum Gasteiger partial charge on any atom is 0.267 e. The molecule has 0 spiro atoms. The Labute approximate surface area is 175 Å². The average molecular weight is 400 g/mol. The molecule has 0 aliphatic heterocycles. The number of para-hydroxylation sites is 1. The molecule has 1 aromatic heterocycles. The van der Waals surface area contributed by atoms with Gasteiger partial charge < -0.3 is 14.5 Å². The van der Waals surface area contributed by atoms with Crippen molar-refractivity contribution in [2.45, 2.75) is 33.3 Å². The third-order valence-corrected chi connectivity index (χ3v) is 4.92. The summed E-state index contributed by atoms with van der Waals surface area (Å²) in [4.78, 5) is 17.4. The number of amides is 1. The number of nitrogens with zero attached hydrogens (tertiary/aromatic N) is 1. The van der Waals surface area contributed by atoms with Crippen LogP contribution in [0.4, 0.5) is 5.69 Å². The van der Waals surface area contributed by atoms with Crippen molar-refractivity contribution in [3.8, 4) is 17.2 Å². The minimum Gasteiger partial charge on any atom is -0.478 e. The van der Waals surface area contributed by atoms with Gasteiger partial charge in [-0.15, -0.1) is 0 Å². The Balaban J connectivity index is 1.55. The molecule has 5 nitrogen and oxygen atoms in total. The molecule has 1 N–H and O–H groups in total. The Morgan fingerprint density at radius 3 is 2.50 bits per heavy atom. The van der Waals surface area contributed by atoms with Gasteiger partial charge in [-0.05, 0) is 69.7 Å². The third kappa shape index (κ3) is 4.06. The molecule has 3 aromatic carbocycles. The predicted octanol–water partition coefficient (Wildman–Crippen LogP) is 5.91. The van der Waals surface area contributed by atoms with Gasteiger partial charge in [0.25, 0.3) is 5.91 Å². The molecule has 0 aliphatic rings. The number of fused-ring (bicyclic) bond motifs is 1. The number of hydrogen-bond donors (Lipinski definition) is 1. The Hall–Kier alpha value is -3.60. The summed E-state index contributed by atoms with van der Waals surface area (Å²) in [6.07, 6.45) is 0. The SMILES string of the molecule is Cc1ccc(-c2nc3cc(NC(=O)C(C)(C)Oc4ccccc4)ccc3o2)c(C)c1. The molecular weight excluding hydrogens is 376 g/mol. The normalized spacial score (nSPS) is 11.5. The molecule has 1 amide bonds. The molecule has 0 unspecified atom stereocenters. The first-order valence-electron chi connectivity index (χ1n) is 9.85. The van der Waals surface area contributed by atoms with Crippen LogP contribution in [0.1, 0.15) is 25.0 Å². The molecule has 0 saturated carbocycles. The first-order valence-corrected chi connectivity index (χ1v) is 9.85. The van der Waals surface area contributed by atoms with Gasteiger partial charge >= 0.3 is 0 Å². The van der Waals surface area contributed by atoms with Crippen LogP contribution < -0.4 is 10.1 Å². The van der Waals surface area contributed by atoms with Crippen molar-refractivity contribution in [2.75, 3.05) is 5.32 Å². The van der Waals surface area contributed by atoms with E-state index >= 15 is 0 Å². The maximum atomic E-state index is 12.8. The molecule has 0 radical (unpaired) electrons. The fourth-order valence-corrected chi connectivity index (χ4v) is 3.29. The van der Waals surface area contributed by atoms with Gasteiger partial charge in [0.05, 0.1) is 0 Å². The minimum atomic E-state index is -1.04. The lowest BCUT2D eigenvalue weighted by molar-refractivity contribution is -0.128. The molecular formula is C25H24N2O3. The van der Waals surface area contributed by atoms with Crippen LogP contribution in [0.5, 0.6) is 5.75 Å². The number of carbonyl (C=O) groups is 1. The second kappa shape index (κ2) is 7.67.